The maximum absolute atomic E-state index is 15.0. The van der Waals surface area contributed by atoms with Crippen LogP contribution in [0.2, 0.25) is 0 Å². The van der Waals surface area contributed by atoms with Gasteiger partial charge in [-0.1, -0.05) is 26.7 Å². The van der Waals surface area contributed by atoms with Crippen molar-refractivity contribution in [1.29, 1.82) is 0 Å². The number of hydrogen-bond donors (Lipinski definition) is 1. The molecule has 148 valence electrons. The number of alkyl halides is 1. The molecule has 9 heteroatoms. The molecule has 1 saturated heterocycles. The largest absolute Gasteiger partial charge is 0.381 e. The lowest BCUT2D eigenvalue weighted by molar-refractivity contribution is -0.0779. The van der Waals surface area contributed by atoms with Gasteiger partial charge in [0.05, 0.1) is 12.8 Å². The number of aromatic nitrogens is 2. The van der Waals surface area contributed by atoms with Crippen LogP contribution in [0.15, 0.2) is 11.0 Å². The maximum atomic E-state index is 15.0. The minimum atomic E-state index is -1.66. The van der Waals surface area contributed by atoms with Gasteiger partial charge in [-0.15, -0.1) is 0 Å². The van der Waals surface area contributed by atoms with Gasteiger partial charge in [-0.3, -0.25) is 4.57 Å². The lowest BCUT2D eigenvalue weighted by Crippen LogP contribution is -2.36. The maximum Gasteiger partial charge on any atom is 0.351 e. The van der Waals surface area contributed by atoms with E-state index in [2.05, 4.69) is 4.98 Å². The summed E-state index contributed by atoms with van der Waals surface area (Å²) in [6.07, 6.45) is -0.258. The van der Waals surface area contributed by atoms with E-state index in [0.717, 1.165) is 36.4 Å². The van der Waals surface area contributed by atoms with Crippen LogP contribution in [0.5, 0.6) is 0 Å². The second kappa shape index (κ2) is 9.94. The smallest absolute Gasteiger partial charge is 0.351 e. The topological polar surface area (TPSA) is 88.6 Å². The zero-order valence-corrected chi connectivity index (χ0v) is 15.2. The average molecular weight is 375 g/mol. The number of ether oxygens (including phenoxy) is 3. The number of nitrogens with two attached hydrogens (primary N) is 1. The molecule has 7 nitrogen and oxygen atoms in total. The van der Waals surface area contributed by atoms with E-state index >= 15 is 0 Å². The van der Waals surface area contributed by atoms with Gasteiger partial charge < -0.3 is 19.9 Å². The van der Waals surface area contributed by atoms with Crippen LogP contribution in [0.4, 0.5) is 14.6 Å². The van der Waals surface area contributed by atoms with Crippen LogP contribution in [0.3, 0.4) is 0 Å². The summed E-state index contributed by atoms with van der Waals surface area (Å²) in [5, 5.41) is 0. The van der Waals surface area contributed by atoms with E-state index in [0.29, 0.717) is 13.2 Å². The van der Waals surface area contributed by atoms with Crippen LogP contribution in [-0.4, -0.2) is 47.8 Å². The molecular weight excluding hydrogens is 348 g/mol. The molecule has 0 aliphatic carbocycles. The molecule has 2 N–H and O–H groups in total. The van der Waals surface area contributed by atoms with Gasteiger partial charge in [0.2, 0.25) is 0 Å². The van der Waals surface area contributed by atoms with Gasteiger partial charge in [0.25, 0.3) is 0 Å². The molecule has 0 saturated carbocycles. The number of halogens is 2. The molecule has 0 spiro atoms. The summed E-state index contributed by atoms with van der Waals surface area (Å²) >= 11 is 0. The first-order chi connectivity index (χ1) is 12.5. The van der Waals surface area contributed by atoms with Crippen LogP contribution < -0.4 is 11.4 Å². The van der Waals surface area contributed by atoms with Crippen LogP contribution in [-0.2, 0) is 14.2 Å². The number of anilines is 1. The van der Waals surface area contributed by atoms with Crippen molar-refractivity contribution in [1.82, 2.24) is 9.55 Å². The number of nitrogens with zero attached hydrogens (tertiary/aromatic N) is 2. The van der Waals surface area contributed by atoms with E-state index in [1.807, 2.05) is 13.8 Å². The highest BCUT2D eigenvalue weighted by molar-refractivity contribution is 5.26. The summed E-state index contributed by atoms with van der Waals surface area (Å²) in [6, 6.07) is 0. The number of unbranched alkanes of at least 4 members (excludes halogenated alkanes) is 2. The van der Waals surface area contributed by atoms with Crippen molar-refractivity contribution < 1.29 is 23.0 Å². The van der Waals surface area contributed by atoms with E-state index < -0.39 is 41.9 Å². The van der Waals surface area contributed by atoms with Gasteiger partial charge in [-0.2, -0.15) is 4.98 Å². The Hall–Kier alpha value is -1.58. The summed E-state index contributed by atoms with van der Waals surface area (Å²) < 4.78 is 46.2. The summed E-state index contributed by atoms with van der Waals surface area (Å²) in [5.41, 5.74) is 4.40. The van der Waals surface area contributed by atoms with Gasteiger partial charge in [0.1, 0.15) is 12.2 Å². The van der Waals surface area contributed by atoms with Gasteiger partial charge in [-0.25, -0.2) is 13.6 Å². The molecule has 2 rings (SSSR count). The Morgan fingerprint density at radius 3 is 2.69 bits per heavy atom. The highest BCUT2D eigenvalue weighted by Gasteiger charge is 2.47. The summed E-state index contributed by atoms with van der Waals surface area (Å²) in [5.74, 6) is -1.44. The number of rotatable bonds is 10. The zero-order chi connectivity index (χ0) is 19.1. The molecular formula is C17H27F2N3O4. The van der Waals surface area contributed by atoms with Crippen molar-refractivity contribution >= 4 is 5.82 Å². The van der Waals surface area contributed by atoms with Crippen molar-refractivity contribution in [2.24, 2.45) is 0 Å². The van der Waals surface area contributed by atoms with E-state index in [1.54, 1.807) is 0 Å². The molecule has 2 heterocycles. The Morgan fingerprint density at radius 2 is 2.00 bits per heavy atom. The Labute approximate surface area is 151 Å². The van der Waals surface area contributed by atoms with E-state index in [4.69, 9.17) is 19.9 Å². The van der Waals surface area contributed by atoms with Crippen molar-refractivity contribution in [2.75, 3.05) is 25.6 Å². The Morgan fingerprint density at radius 1 is 1.31 bits per heavy atom. The predicted octanol–water partition coefficient (Wildman–Crippen LogP) is 2.20. The second-order valence-corrected chi connectivity index (χ2v) is 6.29. The van der Waals surface area contributed by atoms with E-state index in [9.17, 15) is 13.6 Å². The third-order valence-electron chi connectivity index (χ3n) is 4.21. The SMILES string of the molecule is CCCCOC[C@H]1O[C@@H](n2cc(F)c(N)nc2=O)[C@@H](F)C1OCCCC. The normalized spacial score (nSPS) is 25.7. The van der Waals surface area contributed by atoms with Gasteiger partial charge in [-0.05, 0) is 12.8 Å². The minimum Gasteiger partial charge on any atom is -0.381 e. The van der Waals surface area contributed by atoms with Crippen LogP contribution in [0, 0.1) is 5.82 Å². The molecule has 1 aliphatic heterocycles. The molecule has 4 atom stereocenters. The van der Waals surface area contributed by atoms with Gasteiger partial charge in [0.15, 0.2) is 24.0 Å². The first kappa shape index (κ1) is 20.7. The Balaban J connectivity index is 2.15. The lowest BCUT2D eigenvalue weighted by atomic mass is 10.1. The molecule has 0 radical (unpaired) electrons. The average Bonchev–Trinajstić information content (AvgIpc) is 2.91. The zero-order valence-electron chi connectivity index (χ0n) is 15.2. The molecule has 1 aromatic rings. The standard InChI is InChI=1S/C17H27F2N3O4/c1-3-5-7-24-10-12-14(25-8-6-4-2)13(19)16(26-12)22-9-11(18)15(20)21-17(22)23/h9,12-14,16H,3-8,10H2,1-2H3,(H2,20,21,23)/t12-,13+,14?,16-/m1/s1. The first-order valence-corrected chi connectivity index (χ1v) is 9.02. The van der Waals surface area contributed by atoms with Crippen LogP contribution in [0.25, 0.3) is 0 Å². The molecule has 0 bridgehead atoms. The van der Waals surface area contributed by atoms with Crippen molar-refractivity contribution in [2.45, 2.75) is 64.1 Å². The monoisotopic (exact) mass is 375 g/mol. The molecule has 0 aromatic carbocycles. The summed E-state index contributed by atoms with van der Waals surface area (Å²) in [7, 11) is 0. The predicted molar refractivity (Wildman–Crippen MR) is 92.0 cm³/mol. The van der Waals surface area contributed by atoms with E-state index in [-0.39, 0.29) is 6.61 Å². The molecule has 0 amide bonds. The fraction of sp³-hybridized carbons (Fsp3) is 0.765. The summed E-state index contributed by atoms with van der Waals surface area (Å²) in [4.78, 5) is 15.3. The minimum absolute atomic E-state index is 0.132. The molecule has 1 aliphatic rings. The fourth-order valence-electron chi connectivity index (χ4n) is 2.70. The van der Waals surface area contributed by atoms with E-state index in [1.165, 1.54) is 0 Å². The van der Waals surface area contributed by atoms with Gasteiger partial charge in [0, 0.05) is 13.2 Å². The van der Waals surface area contributed by atoms with Crippen LogP contribution >= 0.6 is 0 Å². The first-order valence-electron chi connectivity index (χ1n) is 9.02. The second-order valence-electron chi connectivity index (χ2n) is 6.29. The highest BCUT2D eigenvalue weighted by Crippen LogP contribution is 2.33. The fourth-order valence-corrected chi connectivity index (χ4v) is 2.70. The van der Waals surface area contributed by atoms with Gasteiger partial charge >= 0.3 is 5.69 Å². The van der Waals surface area contributed by atoms with Crippen molar-refractivity contribution in [3.63, 3.8) is 0 Å². The summed E-state index contributed by atoms with van der Waals surface area (Å²) in [6.45, 7) is 5.06. The third kappa shape index (κ3) is 4.99. The van der Waals surface area contributed by atoms with Crippen LogP contribution in [0.1, 0.15) is 45.8 Å². The third-order valence-corrected chi connectivity index (χ3v) is 4.21. The quantitative estimate of drug-likeness (QED) is 0.631. The molecule has 26 heavy (non-hydrogen) atoms. The molecule has 1 aromatic heterocycles. The molecule has 1 unspecified atom stereocenters. The van der Waals surface area contributed by atoms with Crippen molar-refractivity contribution in [3.05, 3.63) is 22.5 Å². The number of hydrogen-bond acceptors (Lipinski definition) is 6. The Kier molecular flexibility index (Phi) is 7.92. The number of nitrogen functional groups attached to an aromatic ring is 1. The van der Waals surface area contributed by atoms with Crippen molar-refractivity contribution in [3.8, 4) is 0 Å². The lowest BCUT2D eigenvalue weighted by Gasteiger charge is -2.19. The molecule has 1 fully saturated rings. The Bertz CT molecular complexity index is 629. The highest BCUT2D eigenvalue weighted by atomic mass is 19.1.